The molecule has 0 amide bonds. The molecular weight excluding hydrogens is 241 g/mol. The van der Waals surface area contributed by atoms with Crippen molar-refractivity contribution in [2.45, 2.75) is 37.1 Å². The molecule has 0 aliphatic heterocycles. The summed E-state index contributed by atoms with van der Waals surface area (Å²) in [7, 11) is 0. The minimum absolute atomic E-state index is 0.266. The van der Waals surface area contributed by atoms with E-state index in [1.807, 2.05) is 0 Å². The van der Waals surface area contributed by atoms with Gasteiger partial charge in [-0.3, -0.25) is 0 Å². The Hall–Kier alpha value is -1.44. The Kier molecular flexibility index (Phi) is 4.52. The standard InChI is InChI=1S/C15H20FN3/c16-14-4-2-1-3-13(14)15(11-18)7-5-12(6-8-15)19-10-9-17/h1-4,12,19H,5-10,17H2/t12-,15+. The topological polar surface area (TPSA) is 61.8 Å². The molecule has 0 atom stereocenters. The molecule has 0 aromatic heterocycles. The highest BCUT2D eigenvalue weighted by Gasteiger charge is 2.38. The number of nitriles is 1. The van der Waals surface area contributed by atoms with Crippen LogP contribution in [-0.2, 0) is 5.41 Å². The van der Waals surface area contributed by atoms with Crippen LogP contribution in [0, 0.1) is 17.1 Å². The van der Waals surface area contributed by atoms with Crippen molar-refractivity contribution in [1.82, 2.24) is 5.32 Å². The molecule has 19 heavy (non-hydrogen) atoms. The lowest BCUT2D eigenvalue weighted by Crippen LogP contribution is -2.41. The fraction of sp³-hybridized carbons (Fsp3) is 0.533. The Morgan fingerprint density at radius 1 is 1.37 bits per heavy atom. The fourth-order valence-electron chi connectivity index (χ4n) is 2.89. The SMILES string of the molecule is N#C[C@]1(c2ccccc2F)CC[C@@H](NCCN)CC1. The smallest absolute Gasteiger partial charge is 0.128 e. The van der Waals surface area contributed by atoms with Crippen LogP contribution in [0.3, 0.4) is 0 Å². The Labute approximate surface area is 113 Å². The molecule has 102 valence electrons. The van der Waals surface area contributed by atoms with Gasteiger partial charge in [0.05, 0.1) is 11.5 Å². The summed E-state index contributed by atoms with van der Waals surface area (Å²) in [5.74, 6) is -0.266. The number of hydrogen-bond donors (Lipinski definition) is 2. The summed E-state index contributed by atoms with van der Waals surface area (Å²) < 4.78 is 13.9. The second kappa shape index (κ2) is 6.14. The summed E-state index contributed by atoms with van der Waals surface area (Å²) in [5.41, 5.74) is 5.36. The van der Waals surface area contributed by atoms with Gasteiger partial charge in [-0.1, -0.05) is 18.2 Å². The van der Waals surface area contributed by atoms with Crippen molar-refractivity contribution in [3.05, 3.63) is 35.6 Å². The van der Waals surface area contributed by atoms with Crippen molar-refractivity contribution in [2.75, 3.05) is 13.1 Å². The number of halogens is 1. The molecule has 3 nitrogen and oxygen atoms in total. The molecule has 1 saturated carbocycles. The zero-order valence-electron chi connectivity index (χ0n) is 11.0. The van der Waals surface area contributed by atoms with Crippen molar-refractivity contribution >= 4 is 0 Å². The van der Waals surface area contributed by atoms with Crippen LogP contribution < -0.4 is 11.1 Å². The molecular formula is C15H20FN3. The third-order valence-corrected chi connectivity index (χ3v) is 4.02. The third kappa shape index (κ3) is 2.94. The maximum absolute atomic E-state index is 13.9. The summed E-state index contributed by atoms with van der Waals surface area (Å²) in [5, 5.41) is 12.9. The number of hydrogen-bond acceptors (Lipinski definition) is 3. The number of rotatable bonds is 4. The zero-order valence-corrected chi connectivity index (χ0v) is 11.0. The van der Waals surface area contributed by atoms with Crippen molar-refractivity contribution in [2.24, 2.45) is 5.73 Å². The van der Waals surface area contributed by atoms with Crippen molar-refractivity contribution in [3.63, 3.8) is 0 Å². The van der Waals surface area contributed by atoms with Crippen LogP contribution in [0.2, 0.25) is 0 Å². The van der Waals surface area contributed by atoms with Crippen molar-refractivity contribution in [1.29, 1.82) is 5.26 Å². The minimum Gasteiger partial charge on any atom is -0.329 e. The van der Waals surface area contributed by atoms with E-state index in [9.17, 15) is 9.65 Å². The third-order valence-electron chi connectivity index (χ3n) is 4.02. The van der Waals surface area contributed by atoms with Gasteiger partial charge in [-0.25, -0.2) is 4.39 Å². The monoisotopic (exact) mass is 261 g/mol. The molecule has 0 heterocycles. The second-order valence-corrected chi connectivity index (χ2v) is 5.19. The first-order valence-corrected chi connectivity index (χ1v) is 6.81. The van der Waals surface area contributed by atoms with Crippen molar-refractivity contribution in [3.8, 4) is 6.07 Å². The molecule has 0 radical (unpaired) electrons. The molecule has 4 heteroatoms. The predicted molar refractivity (Wildman–Crippen MR) is 73.0 cm³/mol. The van der Waals surface area contributed by atoms with Crippen LogP contribution in [0.4, 0.5) is 4.39 Å². The van der Waals surface area contributed by atoms with E-state index in [-0.39, 0.29) is 5.82 Å². The highest BCUT2D eigenvalue weighted by molar-refractivity contribution is 5.34. The first-order valence-electron chi connectivity index (χ1n) is 6.81. The largest absolute Gasteiger partial charge is 0.329 e. The molecule has 1 aromatic carbocycles. The van der Waals surface area contributed by atoms with Crippen LogP contribution in [0.15, 0.2) is 24.3 Å². The van der Waals surface area contributed by atoms with Gasteiger partial charge in [-0.2, -0.15) is 5.26 Å². The molecule has 3 N–H and O–H groups in total. The quantitative estimate of drug-likeness (QED) is 0.872. The number of benzene rings is 1. The molecule has 1 fully saturated rings. The molecule has 0 spiro atoms. The van der Waals surface area contributed by atoms with E-state index in [4.69, 9.17) is 5.73 Å². The van der Waals surface area contributed by atoms with Crippen LogP contribution in [0.1, 0.15) is 31.2 Å². The lowest BCUT2D eigenvalue weighted by Gasteiger charge is -2.35. The highest BCUT2D eigenvalue weighted by Crippen LogP contribution is 2.40. The molecule has 0 saturated heterocycles. The normalized spacial score (nSPS) is 26.9. The molecule has 1 aromatic rings. The van der Waals surface area contributed by atoms with Crippen LogP contribution in [0.25, 0.3) is 0 Å². The molecule has 0 unspecified atom stereocenters. The molecule has 1 aliphatic carbocycles. The number of nitrogens with one attached hydrogen (secondary N) is 1. The van der Waals surface area contributed by atoms with E-state index in [1.165, 1.54) is 6.07 Å². The summed E-state index contributed by atoms with van der Waals surface area (Å²) in [4.78, 5) is 0. The van der Waals surface area contributed by atoms with Gasteiger partial charge < -0.3 is 11.1 Å². The Morgan fingerprint density at radius 3 is 2.63 bits per heavy atom. The zero-order chi connectivity index (χ0) is 13.7. The van der Waals surface area contributed by atoms with Gasteiger partial charge in [0.2, 0.25) is 0 Å². The van der Waals surface area contributed by atoms with Gasteiger partial charge in [-0.15, -0.1) is 0 Å². The Morgan fingerprint density at radius 2 is 2.05 bits per heavy atom. The van der Waals surface area contributed by atoms with Gasteiger partial charge in [0.1, 0.15) is 5.82 Å². The van der Waals surface area contributed by atoms with E-state index >= 15 is 0 Å². The van der Waals surface area contributed by atoms with Crippen molar-refractivity contribution < 1.29 is 4.39 Å². The lowest BCUT2D eigenvalue weighted by atomic mass is 9.69. The first-order chi connectivity index (χ1) is 9.22. The Balaban J connectivity index is 2.11. The first kappa shape index (κ1) is 14.0. The lowest BCUT2D eigenvalue weighted by molar-refractivity contribution is 0.292. The van der Waals surface area contributed by atoms with E-state index in [1.54, 1.807) is 18.2 Å². The summed E-state index contributed by atoms with van der Waals surface area (Å²) in [6.45, 7) is 1.41. The van der Waals surface area contributed by atoms with Crippen LogP contribution >= 0.6 is 0 Å². The van der Waals surface area contributed by atoms with Gasteiger partial charge in [-0.05, 0) is 31.7 Å². The van der Waals surface area contributed by atoms with Gasteiger partial charge in [0, 0.05) is 24.7 Å². The maximum Gasteiger partial charge on any atom is 0.128 e. The fourth-order valence-corrected chi connectivity index (χ4v) is 2.89. The predicted octanol–water partition coefficient (Wildman–Crippen LogP) is 2.08. The van der Waals surface area contributed by atoms with E-state index in [0.29, 0.717) is 31.0 Å². The van der Waals surface area contributed by atoms with Crippen LogP contribution in [0.5, 0.6) is 0 Å². The van der Waals surface area contributed by atoms with Gasteiger partial charge in [0.15, 0.2) is 0 Å². The maximum atomic E-state index is 13.9. The molecule has 1 aliphatic rings. The van der Waals surface area contributed by atoms with Crippen LogP contribution in [-0.4, -0.2) is 19.1 Å². The van der Waals surface area contributed by atoms with E-state index in [2.05, 4.69) is 11.4 Å². The van der Waals surface area contributed by atoms with E-state index in [0.717, 1.165) is 19.4 Å². The average Bonchev–Trinajstić information content (AvgIpc) is 2.46. The highest BCUT2D eigenvalue weighted by atomic mass is 19.1. The molecule has 0 bridgehead atoms. The Bertz CT molecular complexity index is 459. The number of nitrogens with two attached hydrogens (primary N) is 1. The van der Waals surface area contributed by atoms with Gasteiger partial charge >= 0.3 is 0 Å². The molecule has 2 rings (SSSR count). The summed E-state index contributed by atoms with van der Waals surface area (Å²) in [6, 6.07) is 9.41. The van der Waals surface area contributed by atoms with Gasteiger partial charge in [0.25, 0.3) is 0 Å². The second-order valence-electron chi connectivity index (χ2n) is 5.19. The summed E-state index contributed by atoms with van der Waals surface area (Å²) in [6.07, 6.45) is 3.18. The van der Waals surface area contributed by atoms with E-state index < -0.39 is 5.41 Å². The number of nitrogens with zero attached hydrogens (tertiary/aromatic N) is 1. The minimum atomic E-state index is -0.660. The summed E-state index contributed by atoms with van der Waals surface area (Å²) >= 11 is 0. The average molecular weight is 261 g/mol.